The van der Waals surface area contributed by atoms with Crippen LogP contribution >= 0.6 is 0 Å². The fourth-order valence-electron chi connectivity index (χ4n) is 2.82. The van der Waals surface area contributed by atoms with Crippen LogP contribution in [0.3, 0.4) is 0 Å². The third-order valence-corrected chi connectivity index (χ3v) is 4.01. The number of carbonyl (C=O) groups excluding carboxylic acids is 1. The van der Waals surface area contributed by atoms with Gasteiger partial charge in [0.25, 0.3) is 5.91 Å². The predicted octanol–water partition coefficient (Wildman–Crippen LogP) is 1.01. The minimum Gasteiger partial charge on any atom is -0.480 e. The van der Waals surface area contributed by atoms with Gasteiger partial charge in [0.2, 0.25) is 0 Å². The third kappa shape index (κ3) is 3.80. The van der Waals surface area contributed by atoms with Crippen molar-refractivity contribution in [1.29, 1.82) is 0 Å². The Morgan fingerprint density at radius 3 is 2.69 bits per heavy atom. The minimum atomic E-state index is -1.19. The summed E-state index contributed by atoms with van der Waals surface area (Å²) in [7, 11) is 0. The van der Waals surface area contributed by atoms with Crippen LogP contribution in [0.5, 0.6) is 0 Å². The maximum Gasteiger partial charge on any atom is 0.322 e. The van der Waals surface area contributed by atoms with Crippen LogP contribution in [0.2, 0.25) is 0 Å². The molecule has 0 aliphatic heterocycles. The summed E-state index contributed by atoms with van der Waals surface area (Å²) in [6.45, 7) is -0.562. The molecule has 134 valence electrons. The summed E-state index contributed by atoms with van der Waals surface area (Å²) in [5, 5.41) is 13.8. The number of amides is 1. The number of nitrogens with one attached hydrogen (secondary N) is 2. The van der Waals surface area contributed by atoms with E-state index < -0.39 is 23.9 Å². The molecule has 2 heterocycles. The fraction of sp³-hybridized carbons (Fsp3) is 0.222. The average molecular weight is 354 g/mol. The van der Waals surface area contributed by atoms with Crippen LogP contribution in [0.1, 0.15) is 28.0 Å². The second kappa shape index (κ2) is 7.64. The van der Waals surface area contributed by atoms with Crippen molar-refractivity contribution in [2.24, 2.45) is 0 Å². The molecule has 1 aromatic carbocycles. The number of aromatic amines is 1. The largest absolute Gasteiger partial charge is 0.480 e. The van der Waals surface area contributed by atoms with E-state index in [1.54, 1.807) is 4.52 Å². The number of H-pyrrole nitrogens is 1. The van der Waals surface area contributed by atoms with E-state index >= 15 is 0 Å². The van der Waals surface area contributed by atoms with Gasteiger partial charge in [-0.2, -0.15) is 0 Å². The number of carboxylic acid groups (broad SMARTS) is 1. The van der Waals surface area contributed by atoms with E-state index in [0.717, 1.165) is 12.8 Å². The number of carbonyl (C=O) groups is 2. The molecule has 0 atom stereocenters. The van der Waals surface area contributed by atoms with Crippen molar-refractivity contribution in [2.45, 2.75) is 19.3 Å². The highest BCUT2D eigenvalue weighted by atomic mass is 16.4. The van der Waals surface area contributed by atoms with Crippen LogP contribution in [0.15, 0.2) is 47.5 Å². The quantitative estimate of drug-likeness (QED) is 0.585. The molecule has 0 unspecified atom stereocenters. The van der Waals surface area contributed by atoms with E-state index in [4.69, 9.17) is 5.11 Å². The molecule has 3 N–H and O–H groups in total. The lowest BCUT2D eigenvalue weighted by molar-refractivity contribution is -0.135. The monoisotopic (exact) mass is 354 g/mol. The zero-order chi connectivity index (χ0) is 18.5. The van der Waals surface area contributed by atoms with Gasteiger partial charge in [0.1, 0.15) is 18.4 Å². The first-order valence-corrected chi connectivity index (χ1v) is 8.18. The highest BCUT2D eigenvalue weighted by molar-refractivity contribution is 6.00. The van der Waals surface area contributed by atoms with Gasteiger partial charge in [0, 0.05) is 11.8 Å². The summed E-state index contributed by atoms with van der Waals surface area (Å²) in [5.41, 5.74) is 1.47. The molecule has 8 heteroatoms. The molecule has 8 nitrogen and oxygen atoms in total. The van der Waals surface area contributed by atoms with Crippen molar-refractivity contribution in [3.8, 4) is 0 Å². The average Bonchev–Trinajstić information content (AvgIpc) is 3.10. The Hall–Kier alpha value is -3.42. The highest BCUT2D eigenvalue weighted by Crippen LogP contribution is 2.11. The van der Waals surface area contributed by atoms with Crippen LogP contribution in [-0.2, 0) is 17.6 Å². The number of aryl methyl sites for hydroxylation is 2. The smallest absolute Gasteiger partial charge is 0.322 e. The minimum absolute atomic E-state index is 0.167. The summed E-state index contributed by atoms with van der Waals surface area (Å²) in [4.78, 5) is 39.2. The lowest BCUT2D eigenvalue weighted by Gasteiger charge is -2.08. The van der Waals surface area contributed by atoms with E-state index in [2.05, 4.69) is 15.4 Å². The van der Waals surface area contributed by atoms with E-state index in [9.17, 15) is 14.4 Å². The molecule has 0 aliphatic carbocycles. The molecule has 0 spiro atoms. The number of pyridine rings is 1. The second-order valence-electron chi connectivity index (χ2n) is 5.84. The summed E-state index contributed by atoms with van der Waals surface area (Å²) >= 11 is 0. The molecule has 0 radical (unpaired) electrons. The van der Waals surface area contributed by atoms with Gasteiger partial charge in [0.05, 0.1) is 0 Å². The Morgan fingerprint density at radius 1 is 1.19 bits per heavy atom. The van der Waals surface area contributed by atoms with Gasteiger partial charge in [0.15, 0.2) is 11.1 Å². The Balaban J connectivity index is 1.81. The highest BCUT2D eigenvalue weighted by Gasteiger charge is 2.19. The molecule has 0 aliphatic rings. The maximum atomic E-state index is 12.4. The molecule has 3 aromatic rings. The molecule has 26 heavy (non-hydrogen) atoms. The van der Waals surface area contributed by atoms with Crippen molar-refractivity contribution in [1.82, 2.24) is 19.9 Å². The van der Waals surface area contributed by atoms with Crippen molar-refractivity contribution in [3.63, 3.8) is 0 Å². The van der Waals surface area contributed by atoms with Gasteiger partial charge in [-0.15, -0.1) is 0 Å². The van der Waals surface area contributed by atoms with Gasteiger partial charge in [-0.3, -0.25) is 19.5 Å². The second-order valence-corrected chi connectivity index (χ2v) is 5.84. The van der Waals surface area contributed by atoms with E-state index in [1.807, 2.05) is 30.3 Å². The van der Waals surface area contributed by atoms with Gasteiger partial charge in [-0.25, -0.2) is 9.50 Å². The molecular weight excluding hydrogens is 336 g/mol. The number of aromatic nitrogens is 3. The molecule has 0 bridgehead atoms. The summed E-state index contributed by atoms with van der Waals surface area (Å²) in [6.07, 6.45) is 3.72. The first-order chi connectivity index (χ1) is 12.6. The zero-order valence-electron chi connectivity index (χ0n) is 13.9. The summed E-state index contributed by atoms with van der Waals surface area (Å²) in [5.74, 6) is -1.94. The Morgan fingerprint density at radius 2 is 1.96 bits per heavy atom. The van der Waals surface area contributed by atoms with Gasteiger partial charge < -0.3 is 10.4 Å². The standard InChI is InChI=1S/C18H18N4O4/c23-14-9-13(8-4-7-12-5-2-1-3-6-12)22-17(20-11-21-22)16(14)18(26)19-10-15(24)25/h1-3,5-6,9,11H,4,7-8,10H2,(H,19,26)(H,20,21)(H,24,25). The number of carboxylic acids is 1. The maximum absolute atomic E-state index is 12.4. The van der Waals surface area contributed by atoms with Crippen LogP contribution in [0.4, 0.5) is 0 Å². The predicted molar refractivity (Wildman–Crippen MR) is 94.2 cm³/mol. The third-order valence-electron chi connectivity index (χ3n) is 4.01. The summed E-state index contributed by atoms with van der Waals surface area (Å²) < 4.78 is 1.59. The Bertz CT molecular complexity index is 991. The van der Waals surface area contributed by atoms with Gasteiger partial charge in [-0.1, -0.05) is 30.3 Å². The number of aliphatic carboxylic acids is 1. The molecule has 2 aromatic heterocycles. The fourth-order valence-corrected chi connectivity index (χ4v) is 2.82. The molecule has 3 rings (SSSR count). The van der Waals surface area contributed by atoms with E-state index in [0.29, 0.717) is 12.1 Å². The van der Waals surface area contributed by atoms with Crippen LogP contribution in [0.25, 0.3) is 5.65 Å². The zero-order valence-corrected chi connectivity index (χ0v) is 13.9. The van der Waals surface area contributed by atoms with Gasteiger partial charge >= 0.3 is 5.97 Å². The van der Waals surface area contributed by atoms with Crippen molar-refractivity contribution >= 4 is 17.5 Å². The number of fused-ring (bicyclic) bond motifs is 1. The van der Waals surface area contributed by atoms with E-state index in [1.165, 1.54) is 18.0 Å². The molecule has 0 fully saturated rings. The number of nitrogens with zero attached hydrogens (tertiary/aromatic N) is 2. The molecular formula is C18H18N4O4. The summed E-state index contributed by atoms with van der Waals surface area (Å²) in [6, 6.07) is 11.4. The number of hydrogen-bond acceptors (Lipinski definition) is 4. The van der Waals surface area contributed by atoms with Gasteiger partial charge in [-0.05, 0) is 24.8 Å². The first-order valence-electron chi connectivity index (χ1n) is 8.18. The molecule has 0 saturated heterocycles. The molecule has 0 saturated carbocycles. The van der Waals surface area contributed by atoms with Crippen LogP contribution in [0, 0.1) is 0 Å². The normalized spacial score (nSPS) is 10.8. The Kier molecular flexibility index (Phi) is 5.12. The lowest BCUT2D eigenvalue weighted by Crippen LogP contribution is -2.33. The van der Waals surface area contributed by atoms with E-state index in [-0.39, 0.29) is 11.2 Å². The molecule has 1 amide bonds. The Labute approximate surface area is 148 Å². The lowest BCUT2D eigenvalue weighted by atomic mass is 10.1. The van der Waals surface area contributed by atoms with Crippen molar-refractivity contribution in [3.05, 3.63) is 69.8 Å². The van der Waals surface area contributed by atoms with Crippen molar-refractivity contribution in [2.75, 3.05) is 6.54 Å². The topological polar surface area (TPSA) is 117 Å². The van der Waals surface area contributed by atoms with Crippen LogP contribution in [-0.4, -0.2) is 38.1 Å². The SMILES string of the molecule is O=C(O)CNC(=O)c1c(=O)cc(CCCc2ccccc2)n2[nH]cnc12. The number of rotatable bonds is 7. The number of hydrogen-bond donors (Lipinski definition) is 3. The van der Waals surface area contributed by atoms with Crippen LogP contribution < -0.4 is 10.7 Å². The number of benzene rings is 1. The first kappa shape index (κ1) is 17.4. The van der Waals surface area contributed by atoms with Crippen molar-refractivity contribution < 1.29 is 14.7 Å².